The largest absolute Gasteiger partial charge is 0.436 e. The standard InChI is InChI=1S/C11H13N3O4/c1-3-12-7(2)11-13-6-9(18-11)8-4-5-10(17-8)14(15)16/h4-7,12H,3H2,1-2H3. The lowest BCUT2D eigenvalue weighted by molar-refractivity contribution is -0.401. The molecule has 0 saturated heterocycles. The molecule has 1 atom stereocenters. The Bertz CT molecular complexity index is 546. The average molecular weight is 251 g/mol. The van der Waals surface area contributed by atoms with Crippen molar-refractivity contribution in [3.8, 4) is 11.5 Å². The van der Waals surface area contributed by atoms with Crippen molar-refractivity contribution in [3.05, 3.63) is 34.3 Å². The molecule has 2 aromatic rings. The molecule has 0 aliphatic carbocycles. The van der Waals surface area contributed by atoms with Crippen molar-refractivity contribution in [2.45, 2.75) is 19.9 Å². The van der Waals surface area contributed by atoms with Gasteiger partial charge in [0.15, 0.2) is 11.5 Å². The van der Waals surface area contributed by atoms with Crippen molar-refractivity contribution in [1.29, 1.82) is 0 Å². The second-order valence-corrected chi connectivity index (χ2v) is 3.74. The van der Waals surface area contributed by atoms with Crippen LogP contribution < -0.4 is 5.32 Å². The Balaban J connectivity index is 2.20. The Morgan fingerprint density at radius 1 is 1.44 bits per heavy atom. The molecule has 7 heteroatoms. The normalized spacial score (nSPS) is 12.6. The van der Waals surface area contributed by atoms with Crippen molar-refractivity contribution in [3.63, 3.8) is 0 Å². The van der Waals surface area contributed by atoms with Gasteiger partial charge in [0.1, 0.15) is 4.92 Å². The molecule has 96 valence electrons. The van der Waals surface area contributed by atoms with E-state index in [1.165, 1.54) is 18.3 Å². The van der Waals surface area contributed by atoms with Crippen LogP contribution in [0.15, 0.2) is 27.2 Å². The zero-order valence-corrected chi connectivity index (χ0v) is 10.0. The number of oxazole rings is 1. The van der Waals surface area contributed by atoms with Gasteiger partial charge in [-0.25, -0.2) is 4.98 Å². The van der Waals surface area contributed by atoms with E-state index in [1.54, 1.807) is 0 Å². The molecule has 0 saturated carbocycles. The number of nitro groups is 1. The summed E-state index contributed by atoms with van der Waals surface area (Å²) in [4.78, 5) is 14.0. The summed E-state index contributed by atoms with van der Waals surface area (Å²) in [6, 6.07) is 2.75. The van der Waals surface area contributed by atoms with Crippen LogP contribution in [0.1, 0.15) is 25.8 Å². The fourth-order valence-corrected chi connectivity index (χ4v) is 1.55. The molecule has 0 aliphatic rings. The topological polar surface area (TPSA) is 94.3 Å². The maximum atomic E-state index is 10.5. The predicted octanol–water partition coefficient (Wildman–Crippen LogP) is 2.51. The molecule has 2 rings (SSSR count). The minimum Gasteiger partial charge on any atom is -0.436 e. The molecule has 0 aliphatic heterocycles. The van der Waals surface area contributed by atoms with Crippen LogP contribution in [-0.2, 0) is 0 Å². The zero-order valence-electron chi connectivity index (χ0n) is 10.0. The minimum absolute atomic E-state index is 0.0197. The van der Waals surface area contributed by atoms with Gasteiger partial charge in [0.05, 0.1) is 18.3 Å². The van der Waals surface area contributed by atoms with Crippen LogP contribution in [0, 0.1) is 10.1 Å². The lowest BCUT2D eigenvalue weighted by Crippen LogP contribution is -2.17. The Morgan fingerprint density at radius 2 is 2.22 bits per heavy atom. The van der Waals surface area contributed by atoms with Gasteiger partial charge in [0.25, 0.3) is 0 Å². The molecular weight excluding hydrogens is 238 g/mol. The third-order valence-electron chi connectivity index (χ3n) is 2.42. The molecule has 0 aromatic carbocycles. The third kappa shape index (κ3) is 2.40. The summed E-state index contributed by atoms with van der Waals surface area (Å²) in [5.74, 6) is 0.876. The maximum absolute atomic E-state index is 10.5. The van der Waals surface area contributed by atoms with E-state index in [1.807, 2.05) is 13.8 Å². The Labute approximate surface area is 103 Å². The molecule has 1 unspecified atom stereocenters. The smallest absolute Gasteiger partial charge is 0.433 e. The van der Waals surface area contributed by atoms with Gasteiger partial charge in [-0.3, -0.25) is 10.1 Å². The molecule has 0 spiro atoms. The summed E-state index contributed by atoms with van der Waals surface area (Å²) in [5.41, 5.74) is 0. The minimum atomic E-state index is -0.595. The van der Waals surface area contributed by atoms with Gasteiger partial charge in [-0.1, -0.05) is 6.92 Å². The van der Waals surface area contributed by atoms with E-state index in [-0.39, 0.29) is 11.9 Å². The first-order chi connectivity index (χ1) is 8.61. The SMILES string of the molecule is CCNC(C)c1ncc(-c2ccc([N+](=O)[O-])o2)o1. The van der Waals surface area contributed by atoms with E-state index in [2.05, 4.69) is 10.3 Å². The Hall–Kier alpha value is -2.15. The zero-order chi connectivity index (χ0) is 13.1. The van der Waals surface area contributed by atoms with Gasteiger partial charge in [0, 0.05) is 0 Å². The molecule has 0 radical (unpaired) electrons. The van der Waals surface area contributed by atoms with Crippen molar-refractivity contribution < 1.29 is 13.8 Å². The van der Waals surface area contributed by atoms with Gasteiger partial charge in [-0.2, -0.15) is 0 Å². The third-order valence-corrected chi connectivity index (χ3v) is 2.42. The molecule has 0 amide bonds. The van der Waals surface area contributed by atoms with Crippen LogP contribution in [0.5, 0.6) is 0 Å². The molecular formula is C11H13N3O4. The molecule has 2 aromatic heterocycles. The van der Waals surface area contributed by atoms with Crippen molar-refractivity contribution >= 4 is 5.88 Å². The monoisotopic (exact) mass is 251 g/mol. The maximum Gasteiger partial charge on any atom is 0.433 e. The van der Waals surface area contributed by atoms with E-state index in [4.69, 9.17) is 8.83 Å². The van der Waals surface area contributed by atoms with Crippen LogP contribution >= 0.6 is 0 Å². The fourth-order valence-electron chi connectivity index (χ4n) is 1.55. The first-order valence-corrected chi connectivity index (χ1v) is 5.55. The summed E-state index contributed by atoms with van der Waals surface area (Å²) < 4.78 is 10.5. The lowest BCUT2D eigenvalue weighted by Gasteiger charge is -2.06. The molecule has 0 fully saturated rings. The van der Waals surface area contributed by atoms with Crippen molar-refractivity contribution in [1.82, 2.24) is 10.3 Å². The van der Waals surface area contributed by atoms with E-state index < -0.39 is 4.92 Å². The number of rotatable bonds is 5. The number of furan rings is 1. The van der Waals surface area contributed by atoms with Crippen molar-refractivity contribution in [2.24, 2.45) is 0 Å². The van der Waals surface area contributed by atoms with E-state index in [0.29, 0.717) is 17.4 Å². The van der Waals surface area contributed by atoms with Crippen LogP contribution in [0.2, 0.25) is 0 Å². The van der Waals surface area contributed by atoms with Crippen LogP contribution in [0.4, 0.5) is 5.88 Å². The van der Waals surface area contributed by atoms with Gasteiger partial charge in [-0.15, -0.1) is 0 Å². The summed E-state index contributed by atoms with van der Waals surface area (Å²) in [6.07, 6.45) is 1.49. The fraction of sp³-hybridized carbons (Fsp3) is 0.364. The lowest BCUT2D eigenvalue weighted by atomic mass is 10.3. The van der Waals surface area contributed by atoms with Gasteiger partial charge >= 0.3 is 5.88 Å². The number of nitrogens with one attached hydrogen (secondary N) is 1. The van der Waals surface area contributed by atoms with Crippen LogP contribution in [0.3, 0.4) is 0 Å². The highest BCUT2D eigenvalue weighted by molar-refractivity contribution is 5.50. The highest BCUT2D eigenvalue weighted by Gasteiger charge is 2.17. The number of nitrogens with zero attached hydrogens (tertiary/aromatic N) is 2. The molecule has 0 bridgehead atoms. The number of aromatic nitrogens is 1. The van der Waals surface area contributed by atoms with Gasteiger partial charge in [0.2, 0.25) is 5.89 Å². The highest BCUT2D eigenvalue weighted by Crippen LogP contribution is 2.27. The first kappa shape index (κ1) is 12.3. The quantitative estimate of drug-likeness (QED) is 0.648. The first-order valence-electron chi connectivity index (χ1n) is 5.55. The Morgan fingerprint density at radius 3 is 2.83 bits per heavy atom. The predicted molar refractivity (Wildman–Crippen MR) is 63.0 cm³/mol. The van der Waals surface area contributed by atoms with Gasteiger partial charge in [-0.05, 0) is 19.5 Å². The van der Waals surface area contributed by atoms with Crippen LogP contribution in [0.25, 0.3) is 11.5 Å². The van der Waals surface area contributed by atoms with E-state index >= 15 is 0 Å². The number of hydrogen-bond donors (Lipinski definition) is 1. The second kappa shape index (κ2) is 5.01. The molecule has 7 nitrogen and oxygen atoms in total. The van der Waals surface area contributed by atoms with E-state index in [0.717, 1.165) is 6.54 Å². The summed E-state index contributed by atoms with van der Waals surface area (Å²) in [6.45, 7) is 4.70. The number of hydrogen-bond acceptors (Lipinski definition) is 6. The molecule has 18 heavy (non-hydrogen) atoms. The van der Waals surface area contributed by atoms with Gasteiger partial charge < -0.3 is 14.2 Å². The average Bonchev–Trinajstić information content (AvgIpc) is 2.98. The molecule has 2 heterocycles. The van der Waals surface area contributed by atoms with E-state index in [9.17, 15) is 10.1 Å². The van der Waals surface area contributed by atoms with Crippen molar-refractivity contribution in [2.75, 3.05) is 6.54 Å². The summed E-state index contributed by atoms with van der Waals surface area (Å²) in [5, 5.41) is 13.7. The highest BCUT2D eigenvalue weighted by atomic mass is 16.6. The molecule has 1 N–H and O–H groups in total. The summed E-state index contributed by atoms with van der Waals surface area (Å²) in [7, 11) is 0. The van der Waals surface area contributed by atoms with Crippen LogP contribution in [-0.4, -0.2) is 16.5 Å². The second-order valence-electron chi connectivity index (χ2n) is 3.74. The summed E-state index contributed by atoms with van der Waals surface area (Å²) >= 11 is 0. The Kier molecular flexibility index (Phi) is 3.42.